The van der Waals surface area contributed by atoms with Crippen molar-refractivity contribution in [3.05, 3.63) is 29.3 Å². The van der Waals surface area contributed by atoms with E-state index >= 15 is 0 Å². The van der Waals surface area contributed by atoms with Crippen molar-refractivity contribution in [2.24, 2.45) is 0 Å². The van der Waals surface area contributed by atoms with E-state index in [1.807, 2.05) is 0 Å². The van der Waals surface area contributed by atoms with Crippen LogP contribution >= 0.6 is 11.8 Å². The fourth-order valence-corrected chi connectivity index (χ4v) is 4.55. The number of benzene rings is 1. The summed E-state index contributed by atoms with van der Waals surface area (Å²) in [5.74, 6) is -0.293. The minimum Gasteiger partial charge on any atom is -0.379 e. The number of halogens is 3. The van der Waals surface area contributed by atoms with Gasteiger partial charge in [-0.3, -0.25) is 9.69 Å². The average Bonchev–Trinajstić information content (AvgIpc) is 2.68. The minimum atomic E-state index is -4.41. The van der Waals surface area contributed by atoms with Gasteiger partial charge in [0.1, 0.15) is 0 Å². The lowest BCUT2D eigenvalue weighted by atomic mass is 9.88. The zero-order valence-corrected chi connectivity index (χ0v) is 16.2. The molecule has 8 heteroatoms. The first-order valence-corrected chi connectivity index (χ1v) is 10.5. The predicted molar refractivity (Wildman–Crippen MR) is 99.1 cm³/mol. The van der Waals surface area contributed by atoms with Crippen LogP contribution in [0.5, 0.6) is 0 Å². The molecule has 1 amide bonds. The Bertz CT molecular complexity index is 663. The molecule has 3 rings (SSSR count). The highest BCUT2D eigenvalue weighted by molar-refractivity contribution is 7.98. The van der Waals surface area contributed by atoms with Gasteiger partial charge in [-0.15, -0.1) is 11.8 Å². The largest absolute Gasteiger partial charge is 0.416 e. The second kappa shape index (κ2) is 8.84. The van der Waals surface area contributed by atoms with Gasteiger partial charge in [-0.2, -0.15) is 13.2 Å². The number of carbonyl (C=O) groups is 1. The topological polar surface area (TPSA) is 41.6 Å². The third-order valence-corrected chi connectivity index (χ3v) is 6.11. The molecule has 1 N–H and O–H groups in total. The highest BCUT2D eigenvalue weighted by atomic mass is 32.2. The van der Waals surface area contributed by atoms with E-state index in [0.717, 1.165) is 62.7 Å². The first-order valence-electron chi connectivity index (χ1n) is 9.28. The summed E-state index contributed by atoms with van der Waals surface area (Å²) in [6, 6.07) is 3.60. The van der Waals surface area contributed by atoms with Crippen molar-refractivity contribution in [3.63, 3.8) is 0 Å². The second-order valence-corrected chi connectivity index (χ2v) is 7.84. The third-order valence-electron chi connectivity index (χ3n) is 5.33. The molecule has 1 saturated carbocycles. The molecule has 150 valence electrons. The molecule has 1 saturated heterocycles. The number of nitrogens with zero attached hydrogens (tertiary/aromatic N) is 1. The van der Waals surface area contributed by atoms with Crippen LogP contribution in [0, 0.1) is 0 Å². The van der Waals surface area contributed by atoms with E-state index in [2.05, 4.69) is 10.2 Å². The maximum atomic E-state index is 12.9. The van der Waals surface area contributed by atoms with Crippen molar-refractivity contribution in [3.8, 4) is 0 Å². The van der Waals surface area contributed by atoms with E-state index in [0.29, 0.717) is 23.7 Å². The van der Waals surface area contributed by atoms with Crippen molar-refractivity contribution in [1.82, 2.24) is 10.2 Å². The zero-order valence-electron chi connectivity index (χ0n) is 15.3. The molecule has 1 heterocycles. The molecule has 0 aromatic heterocycles. The molecule has 2 aliphatic rings. The van der Waals surface area contributed by atoms with Gasteiger partial charge in [-0.25, -0.2) is 0 Å². The monoisotopic (exact) mass is 402 g/mol. The summed E-state index contributed by atoms with van der Waals surface area (Å²) in [4.78, 5) is 15.6. The highest BCUT2D eigenvalue weighted by Gasteiger charge is 2.34. The lowest BCUT2D eigenvalue weighted by Crippen LogP contribution is -2.56. The third kappa shape index (κ3) is 4.97. The van der Waals surface area contributed by atoms with Gasteiger partial charge < -0.3 is 10.1 Å². The summed E-state index contributed by atoms with van der Waals surface area (Å²) in [5.41, 5.74) is -0.422. The number of nitrogens with one attached hydrogen (secondary N) is 1. The Morgan fingerprint density at radius 2 is 1.93 bits per heavy atom. The molecule has 0 radical (unpaired) electrons. The molecule has 27 heavy (non-hydrogen) atoms. The van der Waals surface area contributed by atoms with Crippen molar-refractivity contribution in [2.45, 2.75) is 48.8 Å². The summed E-state index contributed by atoms with van der Waals surface area (Å²) in [6.45, 7) is 3.11. The Labute approximate surface area is 161 Å². The molecule has 2 atom stereocenters. The van der Waals surface area contributed by atoms with Crippen LogP contribution in [0.2, 0.25) is 0 Å². The SMILES string of the molecule is CSc1cc(C(F)(F)F)ccc1C(=O)NC1CCCCC1N1CCOCC1. The van der Waals surface area contributed by atoms with E-state index in [-0.39, 0.29) is 18.0 Å². The fourth-order valence-electron chi connectivity index (χ4n) is 3.93. The molecule has 1 aliphatic carbocycles. The molecular weight excluding hydrogens is 377 g/mol. The van der Waals surface area contributed by atoms with Gasteiger partial charge in [0, 0.05) is 30.1 Å². The average molecular weight is 402 g/mol. The molecular formula is C19H25F3N2O2S. The first-order chi connectivity index (χ1) is 12.9. The molecule has 0 spiro atoms. The van der Waals surface area contributed by atoms with E-state index in [4.69, 9.17) is 4.74 Å². The van der Waals surface area contributed by atoms with E-state index in [1.165, 1.54) is 6.07 Å². The lowest BCUT2D eigenvalue weighted by Gasteiger charge is -2.41. The summed E-state index contributed by atoms with van der Waals surface area (Å²) in [7, 11) is 0. The lowest BCUT2D eigenvalue weighted by molar-refractivity contribution is -0.137. The number of thioether (sulfide) groups is 1. The molecule has 1 aromatic carbocycles. The van der Waals surface area contributed by atoms with Crippen molar-refractivity contribution >= 4 is 17.7 Å². The number of morpholine rings is 1. The first kappa shape index (κ1) is 20.5. The molecule has 2 unspecified atom stereocenters. The number of hydrogen-bond acceptors (Lipinski definition) is 4. The quantitative estimate of drug-likeness (QED) is 0.778. The van der Waals surface area contributed by atoms with Crippen molar-refractivity contribution < 1.29 is 22.7 Å². The van der Waals surface area contributed by atoms with Crippen molar-refractivity contribution in [1.29, 1.82) is 0 Å². The molecule has 2 fully saturated rings. The van der Waals surface area contributed by atoms with E-state index in [9.17, 15) is 18.0 Å². The van der Waals surface area contributed by atoms with Gasteiger partial charge in [0.2, 0.25) is 0 Å². The highest BCUT2D eigenvalue weighted by Crippen LogP contribution is 2.33. The number of ether oxygens (including phenoxy) is 1. The standard InChI is InChI=1S/C19H25F3N2O2S/c1-27-17-12-13(19(20,21)22)6-7-14(17)18(25)23-15-4-2-3-5-16(15)24-8-10-26-11-9-24/h6-7,12,15-16H,2-5,8-11H2,1H3,(H,23,25). The normalized spacial score (nSPS) is 24.6. The van der Waals surface area contributed by atoms with Crippen LogP contribution in [0.1, 0.15) is 41.6 Å². The smallest absolute Gasteiger partial charge is 0.379 e. The van der Waals surface area contributed by atoms with Crippen LogP contribution in [0.4, 0.5) is 13.2 Å². The van der Waals surface area contributed by atoms with Crippen LogP contribution in [0.3, 0.4) is 0 Å². The maximum absolute atomic E-state index is 12.9. The summed E-state index contributed by atoms with van der Waals surface area (Å²) in [6.07, 6.45) is 1.36. The van der Waals surface area contributed by atoms with Gasteiger partial charge in [0.05, 0.1) is 24.3 Å². The Kier molecular flexibility index (Phi) is 6.70. The number of amides is 1. The molecule has 4 nitrogen and oxygen atoms in total. The second-order valence-electron chi connectivity index (χ2n) is 6.99. The zero-order chi connectivity index (χ0) is 19.4. The number of alkyl halides is 3. The van der Waals surface area contributed by atoms with Gasteiger partial charge in [0.25, 0.3) is 5.91 Å². The van der Waals surface area contributed by atoms with Gasteiger partial charge in [-0.1, -0.05) is 12.8 Å². The van der Waals surface area contributed by atoms with Crippen LogP contribution in [0.15, 0.2) is 23.1 Å². The predicted octanol–water partition coefficient (Wildman–Crippen LogP) is 3.80. The number of carbonyl (C=O) groups excluding carboxylic acids is 1. The number of rotatable bonds is 4. The maximum Gasteiger partial charge on any atom is 0.416 e. The Balaban J connectivity index is 1.75. The summed E-state index contributed by atoms with van der Waals surface area (Å²) < 4.78 is 44.2. The van der Waals surface area contributed by atoms with Crippen LogP contribution in [-0.4, -0.2) is 55.4 Å². The van der Waals surface area contributed by atoms with Gasteiger partial charge in [0.15, 0.2) is 0 Å². The molecule has 0 bridgehead atoms. The molecule has 1 aromatic rings. The van der Waals surface area contributed by atoms with E-state index < -0.39 is 11.7 Å². The van der Waals surface area contributed by atoms with Gasteiger partial charge >= 0.3 is 6.18 Å². The van der Waals surface area contributed by atoms with E-state index in [1.54, 1.807) is 6.26 Å². The summed E-state index contributed by atoms with van der Waals surface area (Å²) in [5, 5.41) is 3.10. The van der Waals surface area contributed by atoms with Crippen molar-refractivity contribution in [2.75, 3.05) is 32.6 Å². The summed E-state index contributed by atoms with van der Waals surface area (Å²) >= 11 is 1.16. The van der Waals surface area contributed by atoms with Gasteiger partial charge in [-0.05, 0) is 37.3 Å². The van der Waals surface area contributed by atoms with Crippen LogP contribution in [-0.2, 0) is 10.9 Å². The minimum absolute atomic E-state index is 0.0151. The Morgan fingerprint density at radius 1 is 1.22 bits per heavy atom. The van der Waals surface area contributed by atoms with Crippen LogP contribution in [0.25, 0.3) is 0 Å². The Hall–Kier alpha value is -1.25. The Morgan fingerprint density at radius 3 is 2.59 bits per heavy atom. The van der Waals surface area contributed by atoms with Crippen LogP contribution < -0.4 is 5.32 Å². The molecule has 1 aliphatic heterocycles. The number of hydrogen-bond donors (Lipinski definition) is 1. The fraction of sp³-hybridized carbons (Fsp3) is 0.632.